The Kier molecular flexibility index (Phi) is 3.79. The van der Waals surface area contributed by atoms with Gasteiger partial charge >= 0.3 is 12.1 Å². The summed E-state index contributed by atoms with van der Waals surface area (Å²) in [4.78, 5) is 13.2. The van der Waals surface area contributed by atoms with E-state index in [0.717, 1.165) is 5.69 Å². The molecule has 6 heteroatoms. The number of aliphatic imine (C=N–C) groups is 1. The summed E-state index contributed by atoms with van der Waals surface area (Å²) in [6.07, 6.45) is -3.07. The minimum atomic E-state index is -5.08. The Morgan fingerprint density at radius 1 is 1.28 bits per heavy atom. The van der Waals surface area contributed by atoms with Gasteiger partial charge in [-0.05, 0) is 11.6 Å². The van der Waals surface area contributed by atoms with Crippen LogP contribution in [0, 0.1) is 0 Å². The van der Waals surface area contributed by atoms with Gasteiger partial charge in [0.1, 0.15) is 0 Å². The number of rotatable bonds is 0. The second-order valence-electron chi connectivity index (χ2n) is 4.30. The quantitative estimate of drug-likeness (QED) is 0.777. The third-order valence-electron chi connectivity index (χ3n) is 2.37. The van der Waals surface area contributed by atoms with Gasteiger partial charge in [-0.25, -0.2) is 4.79 Å². The highest BCUT2D eigenvalue weighted by Gasteiger charge is 2.38. The Hall–Kier alpha value is -1.85. The molecule has 1 aromatic rings. The van der Waals surface area contributed by atoms with Crippen LogP contribution in [0.25, 0.3) is 0 Å². The van der Waals surface area contributed by atoms with E-state index < -0.39 is 12.1 Å². The molecule has 98 valence electrons. The second kappa shape index (κ2) is 4.80. The Bertz CT molecular complexity index is 478. The third kappa shape index (κ3) is 3.32. The molecule has 1 aromatic carbocycles. The van der Waals surface area contributed by atoms with Crippen LogP contribution in [0.1, 0.15) is 19.4 Å². The molecule has 18 heavy (non-hydrogen) atoms. The van der Waals surface area contributed by atoms with Crippen molar-refractivity contribution in [3.05, 3.63) is 29.8 Å². The average molecular weight is 259 g/mol. The van der Waals surface area contributed by atoms with E-state index in [9.17, 15) is 13.2 Å². The van der Waals surface area contributed by atoms with Crippen molar-refractivity contribution in [2.24, 2.45) is 4.99 Å². The monoisotopic (exact) mass is 259 g/mol. The van der Waals surface area contributed by atoms with Gasteiger partial charge in [0, 0.05) is 11.6 Å². The molecule has 0 fully saturated rings. The third-order valence-corrected chi connectivity index (χ3v) is 2.37. The molecule has 1 aliphatic heterocycles. The molecular formula is C12H12F3NO2. The van der Waals surface area contributed by atoms with Gasteiger partial charge in [-0.1, -0.05) is 32.0 Å². The minimum Gasteiger partial charge on any atom is -0.475 e. The molecule has 0 aromatic heterocycles. The van der Waals surface area contributed by atoms with E-state index in [4.69, 9.17) is 9.90 Å². The summed E-state index contributed by atoms with van der Waals surface area (Å²) in [7, 11) is 0. The standard InChI is InChI=1S/C10H11N.C2HF3O2/c1-10(2)7-11-9-6-4-3-5-8(9)10;3-2(4,5)1(6)7/h3-7H,1-2H3;(H,6,7). The van der Waals surface area contributed by atoms with Crippen LogP contribution in [-0.2, 0) is 10.2 Å². The Morgan fingerprint density at radius 3 is 2.22 bits per heavy atom. The first kappa shape index (κ1) is 14.2. The molecule has 0 saturated heterocycles. The van der Waals surface area contributed by atoms with Crippen molar-refractivity contribution in [3.63, 3.8) is 0 Å². The van der Waals surface area contributed by atoms with E-state index >= 15 is 0 Å². The van der Waals surface area contributed by atoms with Crippen molar-refractivity contribution in [1.82, 2.24) is 0 Å². The Morgan fingerprint density at radius 2 is 1.78 bits per heavy atom. The summed E-state index contributed by atoms with van der Waals surface area (Å²) >= 11 is 0. The molecular weight excluding hydrogens is 247 g/mol. The van der Waals surface area contributed by atoms with Crippen molar-refractivity contribution in [2.75, 3.05) is 0 Å². The molecule has 1 aliphatic rings. The molecule has 0 unspecified atom stereocenters. The van der Waals surface area contributed by atoms with Crippen LogP contribution in [0.5, 0.6) is 0 Å². The number of halogens is 3. The summed E-state index contributed by atoms with van der Waals surface area (Å²) < 4.78 is 31.7. The predicted molar refractivity (Wildman–Crippen MR) is 61.3 cm³/mol. The van der Waals surface area contributed by atoms with Crippen LogP contribution in [0.2, 0.25) is 0 Å². The van der Waals surface area contributed by atoms with Crippen LogP contribution in [0.4, 0.5) is 18.9 Å². The van der Waals surface area contributed by atoms with Crippen LogP contribution in [0.3, 0.4) is 0 Å². The largest absolute Gasteiger partial charge is 0.490 e. The smallest absolute Gasteiger partial charge is 0.475 e. The number of fused-ring (bicyclic) bond motifs is 1. The number of hydrogen-bond acceptors (Lipinski definition) is 2. The summed E-state index contributed by atoms with van der Waals surface area (Å²) in [5.41, 5.74) is 2.59. The maximum Gasteiger partial charge on any atom is 0.490 e. The average Bonchev–Trinajstić information content (AvgIpc) is 2.55. The van der Waals surface area contributed by atoms with Gasteiger partial charge in [-0.2, -0.15) is 13.2 Å². The molecule has 0 aliphatic carbocycles. The second-order valence-corrected chi connectivity index (χ2v) is 4.30. The highest BCUT2D eigenvalue weighted by Crippen LogP contribution is 2.35. The molecule has 1 heterocycles. The highest BCUT2D eigenvalue weighted by atomic mass is 19.4. The van der Waals surface area contributed by atoms with Crippen LogP contribution in [-0.4, -0.2) is 23.5 Å². The Balaban J connectivity index is 0.000000203. The molecule has 0 radical (unpaired) electrons. The Labute approximate surface area is 102 Å². The number of benzene rings is 1. The van der Waals surface area contributed by atoms with Crippen molar-refractivity contribution in [2.45, 2.75) is 25.4 Å². The zero-order valence-electron chi connectivity index (χ0n) is 9.82. The number of carboxylic acid groups (broad SMARTS) is 1. The van der Waals surface area contributed by atoms with Gasteiger partial charge < -0.3 is 5.11 Å². The lowest BCUT2D eigenvalue weighted by molar-refractivity contribution is -0.192. The lowest BCUT2D eigenvalue weighted by Crippen LogP contribution is -2.21. The van der Waals surface area contributed by atoms with Gasteiger partial charge in [0.25, 0.3) is 0 Å². The van der Waals surface area contributed by atoms with Crippen molar-refractivity contribution >= 4 is 17.9 Å². The summed E-state index contributed by atoms with van der Waals surface area (Å²) in [5.74, 6) is -2.76. The normalized spacial score (nSPS) is 15.6. The summed E-state index contributed by atoms with van der Waals surface area (Å²) in [5, 5.41) is 7.12. The van der Waals surface area contributed by atoms with E-state index in [0.29, 0.717) is 0 Å². The topological polar surface area (TPSA) is 49.7 Å². The maximum atomic E-state index is 10.6. The van der Waals surface area contributed by atoms with E-state index in [2.05, 4.69) is 37.0 Å². The fourth-order valence-electron chi connectivity index (χ4n) is 1.43. The van der Waals surface area contributed by atoms with Gasteiger partial charge in [-0.3, -0.25) is 4.99 Å². The van der Waals surface area contributed by atoms with Gasteiger partial charge in [0.2, 0.25) is 0 Å². The molecule has 0 amide bonds. The number of alkyl halides is 3. The fraction of sp³-hybridized carbons (Fsp3) is 0.333. The van der Waals surface area contributed by atoms with Crippen molar-refractivity contribution < 1.29 is 23.1 Å². The van der Waals surface area contributed by atoms with Gasteiger partial charge in [0.05, 0.1) is 5.69 Å². The van der Waals surface area contributed by atoms with Crippen LogP contribution < -0.4 is 0 Å². The number of carboxylic acids is 1. The van der Waals surface area contributed by atoms with Crippen molar-refractivity contribution in [3.8, 4) is 0 Å². The van der Waals surface area contributed by atoms with Crippen molar-refractivity contribution in [1.29, 1.82) is 0 Å². The first-order chi connectivity index (χ1) is 8.14. The lowest BCUT2D eigenvalue weighted by Gasteiger charge is -2.14. The molecule has 0 bridgehead atoms. The molecule has 0 spiro atoms. The SMILES string of the molecule is CC1(C)C=Nc2ccccc21.O=C(O)C(F)(F)F. The summed E-state index contributed by atoms with van der Waals surface area (Å²) in [6, 6.07) is 8.29. The highest BCUT2D eigenvalue weighted by molar-refractivity contribution is 5.84. The predicted octanol–water partition coefficient (Wildman–Crippen LogP) is 3.31. The van der Waals surface area contributed by atoms with E-state index in [1.165, 1.54) is 5.56 Å². The molecule has 3 nitrogen and oxygen atoms in total. The molecule has 1 N–H and O–H groups in total. The molecule has 0 saturated carbocycles. The molecule has 0 atom stereocenters. The maximum absolute atomic E-state index is 10.6. The first-order valence-corrected chi connectivity index (χ1v) is 5.09. The molecule has 2 rings (SSSR count). The van der Waals surface area contributed by atoms with E-state index in [1.807, 2.05) is 12.3 Å². The van der Waals surface area contributed by atoms with E-state index in [-0.39, 0.29) is 5.41 Å². The van der Waals surface area contributed by atoms with Crippen LogP contribution in [0.15, 0.2) is 29.3 Å². The van der Waals surface area contributed by atoms with Gasteiger partial charge in [-0.15, -0.1) is 0 Å². The number of carbonyl (C=O) groups is 1. The van der Waals surface area contributed by atoms with Crippen LogP contribution >= 0.6 is 0 Å². The lowest BCUT2D eigenvalue weighted by atomic mass is 9.87. The zero-order chi connectivity index (χ0) is 14.0. The minimum absolute atomic E-state index is 0.136. The fourth-order valence-corrected chi connectivity index (χ4v) is 1.43. The summed E-state index contributed by atoms with van der Waals surface area (Å²) in [6.45, 7) is 4.37. The number of hydrogen-bond donors (Lipinski definition) is 1. The van der Waals surface area contributed by atoms with E-state index in [1.54, 1.807) is 0 Å². The number of para-hydroxylation sites is 1. The zero-order valence-corrected chi connectivity index (χ0v) is 9.82. The number of nitrogens with zero attached hydrogens (tertiary/aromatic N) is 1. The first-order valence-electron chi connectivity index (χ1n) is 5.09. The van der Waals surface area contributed by atoms with Gasteiger partial charge in [0.15, 0.2) is 0 Å². The number of aliphatic carboxylic acids is 1.